The van der Waals surface area contributed by atoms with Gasteiger partial charge in [-0.1, -0.05) is 0 Å². The van der Waals surface area contributed by atoms with Gasteiger partial charge in [-0.15, -0.1) is 0 Å². The van der Waals surface area contributed by atoms with Gasteiger partial charge in [-0.25, -0.2) is 13.2 Å². The van der Waals surface area contributed by atoms with Crippen molar-refractivity contribution in [3.63, 3.8) is 0 Å². The van der Waals surface area contributed by atoms with Gasteiger partial charge >= 0.3 is 6.18 Å². The van der Waals surface area contributed by atoms with Crippen LogP contribution in [-0.2, 0) is 6.18 Å². The molecule has 0 bridgehead atoms. The fourth-order valence-electron chi connectivity index (χ4n) is 2.46. The highest BCUT2D eigenvalue weighted by atomic mass is 19.4. The normalized spacial score (nSPS) is 11.4. The minimum atomic E-state index is -4.99. The van der Waals surface area contributed by atoms with Crippen LogP contribution in [0.5, 0.6) is 23.0 Å². The van der Waals surface area contributed by atoms with E-state index in [-0.39, 0.29) is 28.9 Å². The predicted octanol–water partition coefficient (Wildman–Crippen LogP) is 5.87. The highest BCUT2D eigenvalue weighted by Gasteiger charge is 2.36. The molecule has 3 aromatic carbocycles. The fourth-order valence-corrected chi connectivity index (χ4v) is 2.46. The Morgan fingerprint density at radius 1 is 0.621 bits per heavy atom. The molecule has 0 atom stereocenters. The minimum absolute atomic E-state index is 0.0426. The molecule has 0 heterocycles. The second-order valence-electron chi connectivity index (χ2n) is 5.92. The summed E-state index contributed by atoms with van der Waals surface area (Å²) in [6.07, 6.45) is -4.99. The van der Waals surface area contributed by atoms with E-state index in [9.17, 15) is 26.3 Å². The van der Waals surface area contributed by atoms with E-state index in [1.54, 1.807) is 0 Å². The standard InChI is InChI=1S/C19H12F6N2O2/c20-9-1-11(26)5-13(3-9)28-17-8-18(16(22)7-15(17)19(23,24)25)29-14-4-10(21)2-12(27)6-14/h1-8H,26-27H2. The molecule has 10 heteroatoms. The molecule has 29 heavy (non-hydrogen) atoms. The maximum Gasteiger partial charge on any atom is 0.420 e. The molecule has 0 aliphatic heterocycles. The zero-order chi connectivity index (χ0) is 21.3. The monoisotopic (exact) mass is 414 g/mol. The van der Waals surface area contributed by atoms with Crippen LogP contribution in [0.25, 0.3) is 0 Å². The highest BCUT2D eigenvalue weighted by Crippen LogP contribution is 2.42. The van der Waals surface area contributed by atoms with Crippen molar-refractivity contribution in [2.24, 2.45) is 0 Å². The van der Waals surface area contributed by atoms with Crippen molar-refractivity contribution < 1.29 is 35.8 Å². The second kappa shape index (κ2) is 7.46. The van der Waals surface area contributed by atoms with E-state index in [1.165, 1.54) is 0 Å². The zero-order valence-corrected chi connectivity index (χ0v) is 14.4. The Morgan fingerprint density at radius 3 is 1.55 bits per heavy atom. The molecule has 4 N–H and O–H groups in total. The maximum absolute atomic E-state index is 14.2. The number of nitrogens with two attached hydrogens (primary N) is 2. The zero-order valence-electron chi connectivity index (χ0n) is 14.4. The van der Waals surface area contributed by atoms with Crippen molar-refractivity contribution in [2.45, 2.75) is 6.18 Å². The SMILES string of the molecule is Nc1cc(F)cc(Oc2cc(Oc3cc(N)cc(F)c3)c(C(F)(F)F)cc2F)c1. The van der Waals surface area contributed by atoms with Gasteiger partial charge in [-0.05, 0) is 18.2 Å². The summed E-state index contributed by atoms with van der Waals surface area (Å²) >= 11 is 0. The Kier molecular flexibility index (Phi) is 5.19. The number of rotatable bonds is 4. The van der Waals surface area contributed by atoms with Crippen LogP contribution in [-0.4, -0.2) is 0 Å². The summed E-state index contributed by atoms with van der Waals surface area (Å²) in [4.78, 5) is 0. The number of alkyl halides is 3. The number of halogens is 6. The van der Waals surface area contributed by atoms with Gasteiger partial charge in [0.25, 0.3) is 0 Å². The lowest BCUT2D eigenvalue weighted by Crippen LogP contribution is -2.08. The van der Waals surface area contributed by atoms with Gasteiger partial charge in [0.05, 0.1) is 0 Å². The predicted molar refractivity (Wildman–Crippen MR) is 93.2 cm³/mol. The van der Waals surface area contributed by atoms with Crippen LogP contribution in [0.1, 0.15) is 5.56 Å². The van der Waals surface area contributed by atoms with Gasteiger partial charge in [-0.2, -0.15) is 13.2 Å². The molecule has 152 valence electrons. The molecule has 0 fully saturated rings. The summed E-state index contributed by atoms with van der Waals surface area (Å²) < 4.78 is 91.2. The lowest BCUT2D eigenvalue weighted by atomic mass is 10.1. The van der Waals surface area contributed by atoms with E-state index in [1.807, 2.05) is 0 Å². The van der Waals surface area contributed by atoms with Crippen molar-refractivity contribution in [2.75, 3.05) is 11.5 Å². The van der Waals surface area contributed by atoms with Gasteiger partial charge in [0, 0.05) is 41.7 Å². The van der Waals surface area contributed by atoms with Crippen molar-refractivity contribution in [1.29, 1.82) is 0 Å². The van der Waals surface area contributed by atoms with Gasteiger partial charge in [0.1, 0.15) is 34.4 Å². The van der Waals surface area contributed by atoms with Crippen LogP contribution in [0.4, 0.5) is 37.7 Å². The minimum Gasteiger partial charge on any atom is -0.456 e. The summed E-state index contributed by atoms with van der Waals surface area (Å²) in [6.45, 7) is 0. The summed E-state index contributed by atoms with van der Waals surface area (Å²) in [7, 11) is 0. The Hall–Kier alpha value is -3.56. The lowest BCUT2D eigenvalue weighted by molar-refractivity contribution is -0.138. The molecule has 4 nitrogen and oxygen atoms in total. The smallest absolute Gasteiger partial charge is 0.420 e. The first kappa shape index (κ1) is 20.2. The van der Waals surface area contributed by atoms with Crippen LogP contribution >= 0.6 is 0 Å². The first-order valence-corrected chi connectivity index (χ1v) is 7.90. The maximum atomic E-state index is 14.2. The van der Waals surface area contributed by atoms with E-state index in [4.69, 9.17) is 20.9 Å². The summed E-state index contributed by atoms with van der Waals surface area (Å²) in [6, 6.07) is 6.56. The highest BCUT2D eigenvalue weighted by molar-refractivity contribution is 5.51. The van der Waals surface area contributed by atoms with Crippen molar-refractivity contribution in [3.8, 4) is 23.0 Å². The molecule has 0 aliphatic rings. The summed E-state index contributed by atoms with van der Waals surface area (Å²) in [5.74, 6) is -5.18. The first-order valence-electron chi connectivity index (χ1n) is 7.90. The third-order valence-electron chi connectivity index (χ3n) is 3.58. The quantitative estimate of drug-likeness (QED) is 0.414. The molecule has 3 aromatic rings. The van der Waals surface area contributed by atoms with E-state index in [0.717, 1.165) is 36.4 Å². The van der Waals surface area contributed by atoms with E-state index < -0.39 is 40.7 Å². The van der Waals surface area contributed by atoms with Crippen LogP contribution in [0.15, 0.2) is 48.5 Å². The Labute approximate surface area is 160 Å². The molecule has 0 aromatic heterocycles. The molecule has 0 spiro atoms. The Morgan fingerprint density at radius 2 is 1.10 bits per heavy atom. The molecule has 0 unspecified atom stereocenters. The third kappa shape index (κ3) is 4.84. The molecule has 3 rings (SSSR count). The Bertz CT molecular complexity index is 1030. The van der Waals surface area contributed by atoms with E-state index in [2.05, 4.69) is 0 Å². The number of hydrogen-bond acceptors (Lipinski definition) is 4. The van der Waals surface area contributed by atoms with E-state index >= 15 is 0 Å². The van der Waals surface area contributed by atoms with Crippen LogP contribution < -0.4 is 20.9 Å². The van der Waals surface area contributed by atoms with Gasteiger partial charge in [0.2, 0.25) is 0 Å². The first-order chi connectivity index (χ1) is 13.5. The summed E-state index contributed by atoms with van der Waals surface area (Å²) in [5.41, 5.74) is 9.30. The van der Waals surface area contributed by atoms with Crippen LogP contribution in [0.3, 0.4) is 0 Å². The van der Waals surface area contributed by atoms with Gasteiger partial charge < -0.3 is 20.9 Å². The Balaban J connectivity index is 2.06. The van der Waals surface area contributed by atoms with Crippen molar-refractivity contribution in [3.05, 3.63) is 71.5 Å². The van der Waals surface area contributed by atoms with Crippen molar-refractivity contribution in [1.82, 2.24) is 0 Å². The molecule has 0 saturated carbocycles. The topological polar surface area (TPSA) is 70.5 Å². The average Bonchev–Trinajstić information content (AvgIpc) is 2.54. The molecule has 0 amide bonds. The summed E-state index contributed by atoms with van der Waals surface area (Å²) in [5, 5.41) is 0. The molecule has 0 saturated heterocycles. The van der Waals surface area contributed by atoms with E-state index in [0.29, 0.717) is 6.07 Å². The number of ether oxygens (including phenoxy) is 2. The molecule has 0 aliphatic carbocycles. The van der Waals surface area contributed by atoms with Crippen LogP contribution in [0.2, 0.25) is 0 Å². The number of benzene rings is 3. The number of nitrogen functional groups attached to an aromatic ring is 2. The average molecular weight is 414 g/mol. The molecule has 0 radical (unpaired) electrons. The third-order valence-corrected chi connectivity index (χ3v) is 3.58. The number of hydrogen-bond donors (Lipinski definition) is 2. The molecular weight excluding hydrogens is 402 g/mol. The fraction of sp³-hybridized carbons (Fsp3) is 0.0526. The second-order valence-corrected chi connectivity index (χ2v) is 5.92. The largest absolute Gasteiger partial charge is 0.456 e. The van der Waals surface area contributed by atoms with Crippen LogP contribution in [0, 0.1) is 17.5 Å². The van der Waals surface area contributed by atoms with Crippen molar-refractivity contribution >= 4 is 11.4 Å². The van der Waals surface area contributed by atoms with Gasteiger partial charge in [-0.3, -0.25) is 0 Å². The number of anilines is 2. The van der Waals surface area contributed by atoms with Gasteiger partial charge in [0.15, 0.2) is 11.6 Å². The lowest BCUT2D eigenvalue weighted by Gasteiger charge is -2.16. The molecular formula is C19H12F6N2O2.